The zero-order valence-electron chi connectivity index (χ0n) is 14.4. The molecule has 1 heterocycles. The number of hydrogen-bond donors (Lipinski definition) is 0. The Bertz CT molecular complexity index is 1010. The van der Waals surface area contributed by atoms with Crippen molar-refractivity contribution in [1.29, 1.82) is 0 Å². The third-order valence-electron chi connectivity index (χ3n) is 4.31. The molecule has 138 valence electrons. The predicted molar refractivity (Wildman–Crippen MR) is 106 cm³/mol. The van der Waals surface area contributed by atoms with Gasteiger partial charge in [0.25, 0.3) is 0 Å². The fourth-order valence-electron chi connectivity index (χ4n) is 2.81. The second-order valence-corrected chi connectivity index (χ2v) is 7.25. The van der Waals surface area contributed by atoms with E-state index in [1.54, 1.807) is 30.5 Å². The maximum absolute atomic E-state index is 12.6. The van der Waals surface area contributed by atoms with Crippen molar-refractivity contribution in [3.63, 3.8) is 0 Å². The number of ether oxygens (including phenoxy) is 2. The molecule has 4 nitrogen and oxygen atoms in total. The van der Waals surface area contributed by atoms with E-state index in [0.29, 0.717) is 28.4 Å². The summed E-state index contributed by atoms with van der Waals surface area (Å²) in [6.07, 6.45) is 3.89. The van der Waals surface area contributed by atoms with Crippen LogP contribution in [0.2, 0.25) is 10.0 Å². The summed E-state index contributed by atoms with van der Waals surface area (Å²) in [5.41, 5.74) is 0.602. The van der Waals surface area contributed by atoms with Crippen LogP contribution in [-0.4, -0.2) is 4.57 Å². The average Bonchev–Trinajstić information content (AvgIpc) is 3.50. The maximum Gasteiger partial charge on any atom is 0.224 e. The molecule has 2 aromatic carbocycles. The molecule has 4 rings (SSSR count). The number of benzene rings is 2. The molecule has 0 radical (unpaired) electrons. The summed E-state index contributed by atoms with van der Waals surface area (Å²) in [5.74, 6) is 1.39. The molecule has 0 saturated heterocycles. The Labute approximate surface area is 166 Å². The first-order valence-corrected chi connectivity index (χ1v) is 9.41. The number of aromatic nitrogens is 1. The summed E-state index contributed by atoms with van der Waals surface area (Å²) in [6, 6.07) is 16.4. The summed E-state index contributed by atoms with van der Waals surface area (Å²) in [6.45, 7) is 0.317. The van der Waals surface area contributed by atoms with Crippen LogP contribution in [-0.2, 0) is 6.61 Å². The van der Waals surface area contributed by atoms with Crippen molar-refractivity contribution in [3.05, 3.63) is 86.8 Å². The predicted octanol–water partition coefficient (Wildman–Crippen LogP) is 5.86. The molecule has 0 amide bonds. The zero-order valence-corrected chi connectivity index (χ0v) is 15.9. The molecular formula is C21H17Cl2NO3. The van der Waals surface area contributed by atoms with Gasteiger partial charge in [-0.3, -0.25) is 4.79 Å². The molecule has 0 unspecified atom stereocenters. The number of hydrogen-bond acceptors (Lipinski definition) is 3. The Morgan fingerprint density at radius 3 is 2.48 bits per heavy atom. The minimum Gasteiger partial charge on any atom is -0.487 e. The van der Waals surface area contributed by atoms with Crippen molar-refractivity contribution >= 4 is 23.2 Å². The van der Waals surface area contributed by atoms with E-state index >= 15 is 0 Å². The molecule has 1 saturated carbocycles. The van der Waals surface area contributed by atoms with E-state index in [9.17, 15) is 4.79 Å². The van der Waals surface area contributed by atoms with Gasteiger partial charge in [-0.2, -0.15) is 0 Å². The normalized spacial score (nSPS) is 13.4. The molecule has 1 aliphatic rings. The monoisotopic (exact) mass is 401 g/mol. The van der Waals surface area contributed by atoms with E-state index in [1.807, 2.05) is 30.3 Å². The van der Waals surface area contributed by atoms with Gasteiger partial charge in [0.05, 0.1) is 16.9 Å². The number of halogens is 2. The van der Waals surface area contributed by atoms with E-state index in [4.69, 9.17) is 32.7 Å². The van der Waals surface area contributed by atoms with Gasteiger partial charge >= 0.3 is 0 Å². The van der Waals surface area contributed by atoms with Crippen LogP contribution in [0, 0.1) is 0 Å². The Balaban J connectivity index is 1.60. The first-order chi connectivity index (χ1) is 13.1. The van der Waals surface area contributed by atoms with Gasteiger partial charge in [0.1, 0.15) is 18.1 Å². The Kier molecular flexibility index (Phi) is 5.10. The summed E-state index contributed by atoms with van der Waals surface area (Å²) in [7, 11) is 0. The maximum atomic E-state index is 12.6. The third-order valence-corrected chi connectivity index (χ3v) is 4.84. The van der Waals surface area contributed by atoms with E-state index in [2.05, 4.69) is 4.57 Å². The number of para-hydroxylation sites is 1. The van der Waals surface area contributed by atoms with Gasteiger partial charge in [-0.05, 0) is 43.2 Å². The summed E-state index contributed by atoms with van der Waals surface area (Å²) >= 11 is 12.1. The number of rotatable bonds is 6. The second-order valence-electron chi connectivity index (χ2n) is 6.41. The van der Waals surface area contributed by atoms with E-state index in [1.165, 1.54) is 0 Å². The molecule has 1 aliphatic carbocycles. The standard InChI is InChI=1S/C21H17Cl2NO3/c22-14-6-9-20(18(23)10-14)27-21-12-24(15-7-8-15)16(11-19(21)25)13-26-17-4-2-1-3-5-17/h1-6,9-12,15H,7-8,13H2. The van der Waals surface area contributed by atoms with Crippen molar-refractivity contribution in [2.75, 3.05) is 0 Å². The largest absolute Gasteiger partial charge is 0.487 e. The highest BCUT2D eigenvalue weighted by molar-refractivity contribution is 6.35. The fourth-order valence-corrected chi connectivity index (χ4v) is 3.25. The Hall–Kier alpha value is -2.43. The van der Waals surface area contributed by atoms with Gasteiger partial charge < -0.3 is 14.0 Å². The molecule has 6 heteroatoms. The van der Waals surface area contributed by atoms with E-state index in [-0.39, 0.29) is 11.2 Å². The van der Waals surface area contributed by atoms with Crippen LogP contribution in [0.1, 0.15) is 24.6 Å². The zero-order chi connectivity index (χ0) is 18.8. The molecule has 3 aromatic rings. The SMILES string of the molecule is O=c1cc(COc2ccccc2)n(C2CC2)cc1Oc1ccc(Cl)cc1Cl. The molecule has 0 bridgehead atoms. The van der Waals surface area contributed by atoms with Crippen LogP contribution < -0.4 is 14.9 Å². The van der Waals surface area contributed by atoms with Gasteiger partial charge in [0, 0.05) is 17.1 Å². The topological polar surface area (TPSA) is 40.5 Å². The van der Waals surface area contributed by atoms with Crippen molar-refractivity contribution in [3.8, 4) is 17.2 Å². The molecule has 27 heavy (non-hydrogen) atoms. The van der Waals surface area contributed by atoms with Crippen molar-refractivity contribution in [2.45, 2.75) is 25.5 Å². The highest BCUT2D eigenvalue weighted by Gasteiger charge is 2.26. The van der Waals surface area contributed by atoms with Crippen LogP contribution in [0.15, 0.2) is 65.6 Å². The lowest BCUT2D eigenvalue weighted by atomic mass is 10.3. The minimum absolute atomic E-state index is 0.218. The van der Waals surface area contributed by atoms with Crippen molar-refractivity contribution in [1.82, 2.24) is 4.57 Å². The first kappa shape index (κ1) is 18.0. The van der Waals surface area contributed by atoms with Crippen molar-refractivity contribution < 1.29 is 9.47 Å². The van der Waals surface area contributed by atoms with Gasteiger partial charge in [-0.25, -0.2) is 0 Å². The molecule has 1 aromatic heterocycles. The molecule has 1 fully saturated rings. The average molecular weight is 402 g/mol. The second kappa shape index (κ2) is 7.67. The number of nitrogens with zero attached hydrogens (tertiary/aromatic N) is 1. The van der Waals surface area contributed by atoms with Gasteiger partial charge in [0.15, 0.2) is 5.75 Å². The summed E-state index contributed by atoms with van der Waals surface area (Å²) < 4.78 is 13.6. The van der Waals surface area contributed by atoms with Crippen LogP contribution >= 0.6 is 23.2 Å². The third kappa shape index (κ3) is 4.29. The molecular weight excluding hydrogens is 385 g/mol. The minimum atomic E-state index is -0.218. The Morgan fingerprint density at radius 1 is 1.00 bits per heavy atom. The lowest BCUT2D eigenvalue weighted by Crippen LogP contribution is -2.15. The fraction of sp³-hybridized carbons (Fsp3) is 0.190. The Morgan fingerprint density at radius 2 is 1.78 bits per heavy atom. The van der Waals surface area contributed by atoms with Gasteiger partial charge in [0.2, 0.25) is 5.43 Å². The summed E-state index contributed by atoms with van der Waals surface area (Å²) in [5, 5.41) is 0.868. The van der Waals surface area contributed by atoms with Crippen molar-refractivity contribution in [2.24, 2.45) is 0 Å². The van der Waals surface area contributed by atoms with Gasteiger partial charge in [-0.1, -0.05) is 41.4 Å². The highest BCUT2D eigenvalue weighted by Crippen LogP contribution is 2.37. The smallest absolute Gasteiger partial charge is 0.224 e. The van der Waals surface area contributed by atoms with Crippen LogP contribution in [0.25, 0.3) is 0 Å². The molecule has 0 aliphatic heterocycles. The van der Waals surface area contributed by atoms with Crippen LogP contribution in [0.5, 0.6) is 17.2 Å². The quantitative estimate of drug-likeness (QED) is 0.519. The van der Waals surface area contributed by atoms with E-state index < -0.39 is 0 Å². The van der Waals surface area contributed by atoms with Crippen LogP contribution in [0.3, 0.4) is 0 Å². The lowest BCUT2D eigenvalue weighted by Gasteiger charge is -2.16. The molecule has 0 N–H and O–H groups in total. The molecule has 0 atom stereocenters. The van der Waals surface area contributed by atoms with Crippen LogP contribution in [0.4, 0.5) is 0 Å². The lowest BCUT2D eigenvalue weighted by molar-refractivity contribution is 0.292. The summed E-state index contributed by atoms with van der Waals surface area (Å²) in [4.78, 5) is 12.6. The van der Waals surface area contributed by atoms with E-state index in [0.717, 1.165) is 24.3 Å². The molecule has 0 spiro atoms. The number of pyridine rings is 1. The first-order valence-electron chi connectivity index (χ1n) is 8.66. The van der Waals surface area contributed by atoms with Gasteiger partial charge in [-0.15, -0.1) is 0 Å². The highest BCUT2D eigenvalue weighted by atomic mass is 35.5.